The van der Waals surface area contributed by atoms with E-state index < -0.39 is 23.0 Å². The minimum Gasteiger partial charge on any atom is -0.483 e. The molecule has 1 heterocycles. The van der Waals surface area contributed by atoms with Gasteiger partial charge in [0, 0.05) is 7.11 Å². The molecule has 0 aliphatic heterocycles. The molecule has 0 radical (unpaired) electrons. The fraction of sp³-hybridized carbons (Fsp3) is 0.412. The number of nitrogens with one attached hydrogen (secondary N) is 1. The number of para-hydroxylation sites is 1. The van der Waals surface area contributed by atoms with Gasteiger partial charge in [0.2, 0.25) is 5.91 Å². The molecule has 0 fully saturated rings. The van der Waals surface area contributed by atoms with Gasteiger partial charge in [-0.25, -0.2) is 9.18 Å². The number of urea groups is 1. The van der Waals surface area contributed by atoms with Gasteiger partial charge in [-0.05, 0) is 26.0 Å². The highest BCUT2D eigenvalue weighted by Crippen LogP contribution is 2.27. The van der Waals surface area contributed by atoms with E-state index in [-0.39, 0.29) is 18.4 Å². The number of nitrogens with zero attached hydrogens (tertiary/aromatic N) is 3. The molecule has 3 amide bonds. The van der Waals surface area contributed by atoms with E-state index in [1.54, 1.807) is 30.7 Å². The highest BCUT2D eigenvalue weighted by atomic mass is 32.2. The van der Waals surface area contributed by atoms with Crippen LogP contribution in [0.25, 0.3) is 0 Å². The van der Waals surface area contributed by atoms with Gasteiger partial charge in [-0.1, -0.05) is 23.9 Å². The van der Waals surface area contributed by atoms with Crippen LogP contribution < -0.4 is 15.8 Å². The van der Waals surface area contributed by atoms with Gasteiger partial charge in [-0.15, -0.1) is 10.2 Å². The summed E-state index contributed by atoms with van der Waals surface area (Å²) in [7, 11) is 1.56. The molecule has 0 aliphatic rings. The molecule has 3 N–H and O–H groups in total. The number of carbonyl (C=O) groups is 2. The van der Waals surface area contributed by atoms with Crippen LogP contribution >= 0.6 is 11.8 Å². The van der Waals surface area contributed by atoms with E-state index in [1.807, 2.05) is 12.2 Å². The van der Waals surface area contributed by atoms with Gasteiger partial charge < -0.3 is 15.2 Å². The molecule has 0 saturated carbocycles. The first kappa shape index (κ1) is 21.6. The fourth-order valence-corrected chi connectivity index (χ4v) is 3.35. The molecule has 2 atom stereocenters. The van der Waals surface area contributed by atoms with Crippen molar-refractivity contribution in [1.29, 1.82) is 0 Å². The lowest BCUT2D eigenvalue weighted by atomic mass is 10.3. The first-order valence-corrected chi connectivity index (χ1v) is 9.28. The van der Waals surface area contributed by atoms with E-state index in [1.165, 1.54) is 12.1 Å². The summed E-state index contributed by atoms with van der Waals surface area (Å²) < 4.78 is 26.2. The predicted molar refractivity (Wildman–Crippen MR) is 100 cm³/mol. The van der Waals surface area contributed by atoms with Crippen molar-refractivity contribution in [3.63, 3.8) is 0 Å². The molecule has 0 aliphatic carbocycles. The number of amides is 3. The molecule has 1 aromatic heterocycles. The van der Waals surface area contributed by atoms with Crippen molar-refractivity contribution in [3.05, 3.63) is 35.9 Å². The van der Waals surface area contributed by atoms with E-state index in [0.29, 0.717) is 17.6 Å². The maximum atomic E-state index is 13.8. The van der Waals surface area contributed by atoms with E-state index in [9.17, 15) is 14.0 Å². The summed E-state index contributed by atoms with van der Waals surface area (Å²) in [4.78, 5) is 22.8. The van der Waals surface area contributed by atoms with Crippen molar-refractivity contribution in [1.82, 2.24) is 20.1 Å². The number of rotatable bonds is 9. The minimum absolute atomic E-state index is 0.0234. The maximum Gasteiger partial charge on any atom is 0.318 e. The van der Waals surface area contributed by atoms with Crippen molar-refractivity contribution in [2.24, 2.45) is 5.73 Å². The van der Waals surface area contributed by atoms with Gasteiger partial charge in [0.15, 0.2) is 22.5 Å². The SMILES string of the molecule is COC[C@H](C)n1c(COc2ccccc2F)nnc1S[C@H](C)C(=O)NC(N)=O. The second kappa shape index (κ2) is 10.0. The first-order chi connectivity index (χ1) is 13.3. The van der Waals surface area contributed by atoms with Crippen LogP contribution in [0.2, 0.25) is 0 Å². The van der Waals surface area contributed by atoms with E-state index >= 15 is 0 Å². The van der Waals surface area contributed by atoms with Gasteiger partial charge in [0.1, 0.15) is 6.61 Å². The number of aromatic nitrogens is 3. The molecular formula is C17H22FN5O4S. The highest BCUT2D eigenvalue weighted by Gasteiger charge is 2.24. The number of halogens is 1. The number of primary amides is 1. The standard InChI is InChI=1S/C17H22FN5O4S/c1-10(8-26-3)23-14(9-27-13-7-5-4-6-12(13)18)21-22-17(23)28-11(2)15(24)20-16(19)25/h4-7,10-11H,8-9H2,1-3H3,(H3,19,20,24,25)/t10-,11+/m0/s1. The number of hydrogen-bond acceptors (Lipinski definition) is 7. The summed E-state index contributed by atoms with van der Waals surface area (Å²) in [6, 6.07) is 4.95. The summed E-state index contributed by atoms with van der Waals surface area (Å²) >= 11 is 1.10. The number of hydrogen-bond donors (Lipinski definition) is 2. The van der Waals surface area contributed by atoms with Crippen LogP contribution in [0, 0.1) is 5.82 Å². The molecule has 0 saturated heterocycles. The van der Waals surface area contributed by atoms with Gasteiger partial charge in [-0.3, -0.25) is 14.7 Å². The van der Waals surface area contributed by atoms with Gasteiger partial charge in [-0.2, -0.15) is 0 Å². The molecule has 0 unspecified atom stereocenters. The van der Waals surface area contributed by atoms with E-state index in [4.69, 9.17) is 15.2 Å². The fourth-order valence-electron chi connectivity index (χ4n) is 2.38. The third-order valence-corrected chi connectivity index (χ3v) is 4.73. The lowest BCUT2D eigenvalue weighted by molar-refractivity contribution is -0.119. The summed E-state index contributed by atoms with van der Waals surface area (Å²) in [5, 5.41) is 10.0. The molecule has 1 aromatic carbocycles. The second-order valence-corrected chi connectivity index (χ2v) is 7.21. The Bertz CT molecular complexity index is 832. The number of benzene rings is 1. The summed E-state index contributed by atoms with van der Waals surface area (Å²) in [5.74, 6) is -0.488. The normalized spacial score (nSPS) is 13.0. The van der Waals surface area contributed by atoms with Crippen LogP contribution in [0.1, 0.15) is 25.7 Å². The molecule has 0 bridgehead atoms. The van der Waals surface area contributed by atoms with Crippen molar-refractivity contribution in [3.8, 4) is 5.75 Å². The van der Waals surface area contributed by atoms with Crippen molar-refractivity contribution in [2.45, 2.75) is 36.9 Å². The Labute approximate surface area is 165 Å². The number of nitrogens with two attached hydrogens (primary N) is 1. The summed E-state index contributed by atoms with van der Waals surface area (Å²) in [5.41, 5.74) is 4.98. The highest BCUT2D eigenvalue weighted by molar-refractivity contribution is 8.00. The van der Waals surface area contributed by atoms with Crippen LogP contribution in [0.3, 0.4) is 0 Å². The minimum atomic E-state index is -0.925. The molecule has 2 rings (SSSR count). The molecule has 152 valence electrons. The number of methoxy groups -OCH3 is 1. The first-order valence-electron chi connectivity index (χ1n) is 8.40. The van der Waals surface area contributed by atoms with E-state index in [2.05, 4.69) is 10.2 Å². The zero-order valence-corrected chi connectivity index (χ0v) is 16.5. The Morgan fingerprint density at radius 2 is 2.04 bits per heavy atom. The molecule has 9 nitrogen and oxygen atoms in total. The van der Waals surface area contributed by atoms with Crippen LogP contribution in [-0.4, -0.2) is 45.7 Å². The molecule has 11 heteroatoms. The van der Waals surface area contributed by atoms with Crippen molar-refractivity contribution < 1.29 is 23.5 Å². The van der Waals surface area contributed by atoms with Gasteiger partial charge in [0.05, 0.1) is 17.9 Å². The van der Waals surface area contributed by atoms with Crippen LogP contribution in [0.15, 0.2) is 29.4 Å². The van der Waals surface area contributed by atoms with Crippen molar-refractivity contribution >= 4 is 23.7 Å². The largest absolute Gasteiger partial charge is 0.483 e. The monoisotopic (exact) mass is 411 g/mol. The lowest BCUT2D eigenvalue weighted by Crippen LogP contribution is -2.39. The quantitative estimate of drug-likeness (QED) is 0.604. The summed E-state index contributed by atoms with van der Waals surface area (Å²) in [6.07, 6.45) is 0. The van der Waals surface area contributed by atoms with Gasteiger partial charge >= 0.3 is 6.03 Å². The van der Waals surface area contributed by atoms with Crippen LogP contribution in [0.5, 0.6) is 5.75 Å². The van der Waals surface area contributed by atoms with Crippen LogP contribution in [0.4, 0.5) is 9.18 Å². The zero-order valence-electron chi connectivity index (χ0n) is 15.7. The molecule has 0 spiro atoms. The summed E-state index contributed by atoms with van der Waals surface area (Å²) in [6.45, 7) is 3.83. The topological polar surface area (TPSA) is 121 Å². The average Bonchev–Trinajstić information content (AvgIpc) is 3.03. The average molecular weight is 411 g/mol. The number of thioether (sulfide) groups is 1. The Balaban J connectivity index is 2.20. The number of ether oxygens (including phenoxy) is 2. The Morgan fingerprint density at radius 1 is 1.32 bits per heavy atom. The zero-order chi connectivity index (χ0) is 20.7. The third kappa shape index (κ3) is 5.67. The Kier molecular flexibility index (Phi) is 7.76. The third-order valence-electron chi connectivity index (χ3n) is 3.68. The maximum absolute atomic E-state index is 13.8. The van der Waals surface area contributed by atoms with E-state index in [0.717, 1.165) is 11.8 Å². The molecule has 2 aromatic rings. The van der Waals surface area contributed by atoms with Gasteiger partial charge in [0.25, 0.3) is 0 Å². The molecular weight excluding hydrogens is 389 g/mol. The van der Waals surface area contributed by atoms with Crippen LogP contribution in [-0.2, 0) is 16.1 Å². The van der Waals surface area contributed by atoms with Crippen molar-refractivity contribution in [2.75, 3.05) is 13.7 Å². The lowest BCUT2D eigenvalue weighted by Gasteiger charge is -2.18. The Morgan fingerprint density at radius 3 is 2.68 bits per heavy atom. The number of carbonyl (C=O) groups excluding carboxylic acids is 2. The molecule has 28 heavy (non-hydrogen) atoms. The second-order valence-electron chi connectivity index (χ2n) is 5.91. The number of imide groups is 1. The smallest absolute Gasteiger partial charge is 0.318 e. The predicted octanol–water partition coefficient (Wildman–Crippen LogP) is 1.88. The Hall–Kier alpha value is -2.66.